The molecule has 1 aromatic carbocycles. The maximum Gasteiger partial charge on any atom is 0.123 e. The maximum absolute atomic E-state index is 5.97. The third-order valence-electron chi connectivity index (χ3n) is 3.88. The second-order valence-corrected chi connectivity index (χ2v) is 4.63. The first-order valence-corrected chi connectivity index (χ1v) is 5.86. The van der Waals surface area contributed by atoms with E-state index in [1.807, 2.05) is 6.07 Å². The van der Waals surface area contributed by atoms with Crippen LogP contribution in [0, 0.1) is 5.92 Å². The van der Waals surface area contributed by atoms with Gasteiger partial charge in [-0.05, 0) is 30.4 Å². The van der Waals surface area contributed by atoms with Crippen LogP contribution in [0.25, 0.3) is 0 Å². The van der Waals surface area contributed by atoms with Gasteiger partial charge in [0, 0.05) is 5.92 Å². The molecule has 3 unspecified atom stereocenters. The summed E-state index contributed by atoms with van der Waals surface area (Å²) in [5, 5.41) is 0. The normalized spacial score (nSPS) is 32.9. The lowest BCUT2D eigenvalue weighted by Gasteiger charge is -2.35. The molecule has 2 aliphatic rings. The third-order valence-corrected chi connectivity index (χ3v) is 3.88. The van der Waals surface area contributed by atoms with E-state index < -0.39 is 0 Å². The van der Waals surface area contributed by atoms with Crippen LogP contribution in [0.1, 0.15) is 30.7 Å². The van der Waals surface area contributed by atoms with Gasteiger partial charge in [-0.15, -0.1) is 0 Å². The van der Waals surface area contributed by atoms with Crippen molar-refractivity contribution in [3.05, 3.63) is 29.8 Å². The highest BCUT2D eigenvalue weighted by atomic mass is 16.5. The lowest BCUT2D eigenvalue weighted by atomic mass is 9.78. The number of para-hydroxylation sites is 1. The highest BCUT2D eigenvalue weighted by Gasteiger charge is 2.39. The molecule has 0 bridgehead atoms. The van der Waals surface area contributed by atoms with Crippen molar-refractivity contribution in [1.82, 2.24) is 0 Å². The van der Waals surface area contributed by atoms with E-state index in [1.54, 1.807) is 0 Å². The van der Waals surface area contributed by atoms with E-state index in [1.165, 1.54) is 24.8 Å². The van der Waals surface area contributed by atoms with E-state index in [-0.39, 0.29) is 6.10 Å². The zero-order valence-electron chi connectivity index (χ0n) is 8.86. The Morgan fingerprint density at radius 1 is 1.27 bits per heavy atom. The molecule has 1 heterocycles. The molecule has 0 N–H and O–H groups in total. The molecule has 3 atom stereocenters. The third kappa shape index (κ3) is 1.38. The van der Waals surface area contributed by atoms with E-state index >= 15 is 0 Å². The molecule has 0 saturated heterocycles. The van der Waals surface area contributed by atoms with E-state index in [9.17, 15) is 0 Å². The van der Waals surface area contributed by atoms with Crippen molar-refractivity contribution in [3.63, 3.8) is 0 Å². The van der Waals surface area contributed by atoms with Crippen LogP contribution in [-0.2, 0) is 0 Å². The summed E-state index contributed by atoms with van der Waals surface area (Å²) in [6.07, 6.45) is 4.80. The minimum absolute atomic E-state index is 0.243. The van der Waals surface area contributed by atoms with Gasteiger partial charge in [-0.1, -0.05) is 30.9 Å². The Bertz CT molecular complexity index is 363. The SMILES string of the molecule is [B]CC1Oc2ccccc2C2CCCC12. The van der Waals surface area contributed by atoms with Crippen LogP contribution in [0.2, 0.25) is 6.32 Å². The first-order valence-electron chi connectivity index (χ1n) is 5.86. The zero-order chi connectivity index (χ0) is 10.3. The van der Waals surface area contributed by atoms with E-state index in [2.05, 4.69) is 18.2 Å². The molecule has 15 heavy (non-hydrogen) atoms. The minimum atomic E-state index is 0.243. The standard InChI is InChI=1S/C13H15BO/c14-8-13-11-6-3-5-9(11)10-4-1-2-7-12(10)15-13/h1-2,4,7,9,11,13H,3,5-6,8H2. The summed E-state index contributed by atoms with van der Waals surface area (Å²) in [4.78, 5) is 0. The first kappa shape index (κ1) is 9.32. The van der Waals surface area contributed by atoms with Gasteiger partial charge in [-0.25, -0.2) is 0 Å². The van der Waals surface area contributed by atoms with E-state index in [4.69, 9.17) is 12.6 Å². The summed E-state index contributed by atoms with van der Waals surface area (Å²) < 4.78 is 5.97. The molecule has 0 aromatic heterocycles. The summed E-state index contributed by atoms with van der Waals surface area (Å²) in [7, 11) is 5.79. The monoisotopic (exact) mass is 198 g/mol. The van der Waals surface area contributed by atoms with Gasteiger partial charge < -0.3 is 4.74 Å². The Morgan fingerprint density at radius 2 is 2.13 bits per heavy atom. The van der Waals surface area contributed by atoms with Crippen LogP contribution in [0.5, 0.6) is 5.75 Å². The quantitative estimate of drug-likeness (QED) is 0.630. The summed E-state index contributed by atoms with van der Waals surface area (Å²) in [6, 6.07) is 8.44. The van der Waals surface area contributed by atoms with Gasteiger partial charge in [-0.2, -0.15) is 0 Å². The van der Waals surface area contributed by atoms with Crippen LogP contribution < -0.4 is 4.74 Å². The fourth-order valence-corrected chi connectivity index (χ4v) is 3.19. The van der Waals surface area contributed by atoms with Crippen LogP contribution in [0.15, 0.2) is 24.3 Å². The van der Waals surface area contributed by atoms with E-state index in [0.717, 1.165) is 5.75 Å². The van der Waals surface area contributed by atoms with Gasteiger partial charge in [-0.3, -0.25) is 0 Å². The lowest BCUT2D eigenvalue weighted by molar-refractivity contribution is 0.121. The number of benzene rings is 1. The maximum atomic E-state index is 5.97. The molecule has 1 fully saturated rings. The predicted octanol–water partition coefficient (Wildman–Crippen LogP) is 2.92. The number of hydrogen-bond acceptors (Lipinski definition) is 1. The average molecular weight is 198 g/mol. The topological polar surface area (TPSA) is 9.23 Å². The summed E-state index contributed by atoms with van der Waals surface area (Å²) in [5.74, 6) is 2.42. The Morgan fingerprint density at radius 3 is 3.00 bits per heavy atom. The van der Waals surface area contributed by atoms with Crippen LogP contribution in [-0.4, -0.2) is 14.0 Å². The van der Waals surface area contributed by atoms with Gasteiger partial charge in [0.25, 0.3) is 0 Å². The van der Waals surface area contributed by atoms with Crippen LogP contribution in [0.3, 0.4) is 0 Å². The Hall–Kier alpha value is -0.915. The first-order chi connectivity index (χ1) is 7.40. The average Bonchev–Trinajstić information content (AvgIpc) is 2.77. The number of fused-ring (bicyclic) bond motifs is 3. The minimum Gasteiger partial charge on any atom is -0.491 e. The molecule has 76 valence electrons. The van der Waals surface area contributed by atoms with Crippen molar-refractivity contribution in [2.45, 2.75) is 37.6 Å². The second kappa shape index (κ2) is 3.59. The molecular weight excluding hydrogens is 183 g/mol. The molecule has 1 aliphatic heterocycles. The largest absolute Gasteiger partial charge is 0.491 e. The summed E-state index contributed by atoms with van der Waals surface area (Å²) >= 11 is 0. The number of ether oxygens (including phenoxy) is 1. The van der Waals surface area contributed by atoms with Crippen molar-refractivity contribution in [3.8, 4) is 5.75 Å². The number of hydrogen-bond donors (Lipinski definition) is 0. The van der Waals surface area contributed by atoms with E-state index in [0.29, 0.717) is 18.2 Å². The Balaban J connectivity index is 2.03. The second-order valence-electron chi connectivity index (χ2n) is 4.63. The van der Waals surface area contributed by atoms with Gasteiger partial charge in [0.1, 0.15) is 5.75 Å². The van der Waals surface area contributed by atoms with Gasteiger partial charge >= 0.3 is 0 Å². The Kier molecular flexibility index (Phi) is 2.23. The van der Waals surface area contributed by atoms with Crippen LogP contribution >= 0.6 is 0 Å². The molecule has 1 nitrogen and oxygen atoms in total. The van der Waals surface area contributed by atoms with Crippen molar-refractivity contribution in [2.75, 3.05) is 0 Å². The van der Waals surface area contributed by atoms with Crippen molar-refractivity contribution in [2.24, 2.45) is 5.92 Å². The van der Waals surface area contributed by atoms with Gasteiger partial charge in [0.2, 0.25) is 0 Å². The molecule has 1 saturated carbocycles. The lowest BCUT2D eigenvalue weighted by Crippen LogP contribution is -2.33. The smallest absolute Gasteiger partial charge is 0.123 e. The molecule has 0 spiro atoms. The van der Waals surface area contributed by atoms with Gasteiger partial charge in [0.15, 0.2) is 0 Å². The summed E-state index contributed by atoms with van der Waals surface area (Å²) in [6.45, 7) is 0. The van der Waals surface area contributed by atoms with Crippen molar-refractivity contribution < 1.29 is 4.74 Å². The molecule has 0 amide bonds. The highest BCUT2D eigenvalue weighted by molar-refractivity contribution is 6.08. The van der Waals surface area contributed by atoms with Gasteiger partial charge in [0.05, 0.1) is 14.0 Å². The van der Waals surface area contributed by atoms with Crippen molar-refractivity contribution >= 4 is 7.85 Å². The highest BCUT2D eigenvalue weighted by Crippen LogP contribution is 2.49. The zero-order valence-corrected chi connectivity index (χ0v) is 8.86. The molecule has 2 radical (unpaired) electrons. The van der Waals surface area contributed by atoms with Crippen LogP contribution in [0.4, 0.5) is 0 Å². The fourth-order valence-electron chi connectivity index (χ4n) is 3.19. The Labute approximate surface area is 92.2 Å². The fraction of sp³-hybridized carbons (Fsp3) is 0.538. The molecule has 3 rings (SSSR count). The molecule has 1 aromatic rings. The van der Waals surface area contributed by atoms with Crippen molar-refractivity contribution in [1.29, 1.82) is 0 Å². The summed E-state index contributed by atoms with van der Waals surface area (Å²) in [5.41, 5.74) is 1.41. The number of rotatable bonds is 1. The predicted molar refractivity (Wildman–Crippen MR) is 61.5 cm³/mol. The molecular formula is C13H15BO. The molecule has 1 aliphatic carbocycles. The molecule has 2 heteroatoms.